The van der Waals surface area contributed by atoms with Gasteiger partial charge in [-0.1, -0.05) is 0 Å². The Hall–Kier alpha value is -4.78. The van der Waals surface area contributed by atoms with E-state index >= 15 is 4.39 Å². The van der Waals surface area contributed by atoms with Crippen LogP contribution in [-0.2, 0) is 9.53 Å². The fourth-order valence-corrected chi connectivity index (χ4v) is 6.30. The number of esters is 1. The van der Waals surface area contributed by atoms with E-state index < -0.39 is 40.4 Å². The van der Waals surface area contributed by atoms with Crippen molar-refractivity contribution in [2.75, 3.05) is 20.7 Å². The first-order valence-electron chi connectivity index (χ1n) is 14.0. The fourth-order valence-electron chi connectivity index (χ4n) is 6.30. The van der Waals surface area contributed by atoms with Crippen LogP contribution < -0.4 is 19.9 Å². The van der Waals surface area contributed by atoms with E-state index in [1.54, 1.807) is 24.4 Å². The highest BCUT2D eigenvalue weighted by molar-refractivity contribution is 5.95. The molecular weight excluding hydrogens is 576 g/mol. The quantitative estimate of drug-likeness (QED) is 0.169. The van der Waals surface area contributed by atoms with Crippen molar-refractivity contribution < 1.29 is 37.6 Å². The summed E-state index contributed by atoms with van der Waals surface area (Å²) in [5, 5.41) is 17.8. The summed E-state index contributed by atoms with van der Waals surface area (Å²) in [5.74, 6) is -4.23. The summed E-state index contributed by atoms with van der Waals surface area (Å²) in [4.78, 5) is 22.6. The van der Waals surface area contributed by atoms with Crippen molar-refractivity contribution in [1.29, 1.82) is 5.41 Å². The smallest absolute Gasteiger partial charge is 0.311 e. The first kappa shape index (κ1) is 29.3. The molecule has 0 amide bonds. The molecule has 2 heterocycles. The Morgan fingerprint density at radius 1 is 1.11 bits per heavy atom. The van der Waals surface area contributed by atoms with Crippen molar-refractivity contribution in [3.8, 4) is 34.6 Å². The molecule has 0 radical (unpaired) electrons. The SMILES string of the molecule is COC(=O)C12CCC(Oc3ccc(Oc4c(F)cnc(Oc5cc(C(=N)N)ccc5O)c4F)c(C4N=CCN4C)c3)(CC1)C2. The van der Waals surface area contributed by atoms with Gasteiger partial charge in [0.1, 0.15) is 29.1 Å². The molecule has 2 fully saturated rings. The monoisotopic (exact) mass is 607 g/mol. The second-order valence-electron chi connectivity index (χ2n) is 11.4. The van der Waals surface area contributed by atoms with Crippen molar-refractivity contribution in [2.45, 2.75) is 43.9 Å². The number of nitrogens with one attached hydrogen (secondary N) is 1. The number of rotatable bonds is 9. The summed E-state index contributed by atoms with van der Waals surface area (Å²) in [5.41, 5.74) is 5.19. The van der Waals surface area contributed by atoms with Crippen molar-refractivity contribution in [1.82, 2.24) is 9.88 Å². The van der Waals surface area contributed by atoms with Crippen LogP contribution in [0.15, 0.2) is 47.6 Å². The summed E-state index contributed by atoms with van der Waals surface area (Å²) in [6.07, 6.45) is 5.31. The molecule has 1 atom stereocenters. The second kappa shape index (κ2) is 11.1. The third-order valence-corrected chi connectivity index (χ3v) is 8.61. The van der Waals surface area contributed by atoms with E-state index in [2.05, 4.69) is 9.98 Å². The molecule has 3 aliphatic rings. The van der Waals surface area contributed by atoms with Gasteiger partial charge < -0.3 is 29.8 Å². The fraction of sp³-hybridized carbons (Fsp3) is 0.355. The van der Waals surface area contributed by atoms with Crippen LogP contribution in [0.3, 0.4) is 0 Å². The number of amidine groups is 1. The number of methoxy groups -OCH3 is 1. The maximum Gasteiger partial charge on any atom is 0.311 e. The molecule has 2 aliphatic carbocycles. The minimum Gasteiger partial charge on any atom is -0.504 e. The Morgan fingerprint density at radius 3 is 2.57 bits per heavy atom. The van der Waals surface area contributed by atoms with Gasteiger partial charge >= 0.3 is 5.97 Å². The second-order valence-corrected chi connectivity index (χ2v) is 11.4. The van der Waals surface area contributed by atoms with E-state index in [0.717, 1.165) is 6.20 Å². The number of benzene rings is 2. The van der Waals surface area contributed by atoms with Crippen LogP contribution >= 0.6 is 0 Å². The number of aromatic nitrogens is 1. The summed E-state index contributed by atoms with van der Waals surface area (Å²) in [7, 11) is 3.26. The normalized spacial score (nSPS) is 24.0. The maximum atomic E-state index is 15.7. The zero-order valence-corrected chi connectivity index (χ0v) is 24.1. The molecule has 13 heteroatoms. The molecule has 230 valence electrons. The van der Waals surface area contributed by atoms with Crippen molar-refractivity contribution >= 4 is 18.0 Å². The summed E-state index contributed by atoms with van der Waals surface area (Å²) in [6, 6.07) is 8.80. The van der Waals surface area contributed by atoms with Gasteiger partial charge in [0.05, 0.1) is 18.7 Å². The number of nitrogen functional groups attached to an aromatic ring is 1. The number of fused-ring (bicyclic) bond motifs is 2. The highest BCUT2D eigenvalue weighted by atomic mass is 19.1. The van der Waals surface area contributed by atoms with E-state index in [9.17, 15) is 14.3 Å². The van der Waals surface area contributed by atoms with Gasteiger partial charge in [-0.25, -0.2) is 9.37 Å². The average molecular weight is 608 g/mol. The predicted molar refractivity (Wildman–Crippen MR) is 155 cm³/mol. The third-order valence-electron chi connectivity index (χ3n) is 8.61. The van der Waals surface area contributed by atoms with Crippen LogP contribution in [0.4, 0.5) is 8.78 Å². The predicted octanol–water partition coefficient (Wildman–Crippen LogP) is 5.20. The van der Waals surface area contributed by atoms with Crippen molar-refractivity contribution in [2.24, 2.45) is 16.1 Å². The Balaban J connectivity index is 1.31. The zero-order valence-electron chi connectivity index (χ0n) is 24.1. The lowest BCUT2D eigenvalue weighted by atomic mass is 9.84. The van der Waals surface area contributed by atoms with Crippen LogP contribution in [0.25, 0.3) is 0 Å². The molecule has 2 saturated carbocycles. The number of halogens is 2. The molecule has 0 spiro atoms. The van der Waals surface area contributed by atoms with Crippen LogP contribution in [0.1, 0.15) is 49.4 Å². The number of hydrogen-bond donors (Lipinski definition) is 3. The maximum absolute atomic E-state index is 15.7. The highest BCUT2D eigenvalue weighted by Crippen LogP contribution is 2.58. The molecule has 4 N–H and O–H groups in total. The lowest BCUT2D eigenvalue weighted by Gasteiger charge is -2.29. The number of aliphatic imine (C=N–C) groups is 1. The largest absolute Gasteiger partial charge is 0.504 e. The first-order valence-corrected chi connectivity index (χ1v) is 14.0. The molecule has 1 unspecified atom stereocenters. The van der Waals surface area contributed by atoms with E-state index in [0.29, 0.717) is 50.0 Å². The van der Waals surface area contributed by atoms with E-state index in [4.69, 9.17) is 30.1 Å². The first-order chi connectivity index (χ1) is 21.0. The number of aromatic hydroxyl groups is 1. The number of pyridine rings is 1. The number of ether oxygens (including phenoxy) is 4. The minimum absolute atomic E-state index is 0.129. The number of phenols is 1. The van der Waals surface area contributed by atoms with Gasteiger partial charge in [-0.3, -0.25) is 20.1 Å². The van der Waals surface area contributed by atoms with Gasteiger partial charge in [0.15, 0.2) is 17.3 Å². The van der Waals surface area contributed by atoms with Crippen molar-refractivity contribution in [3.63, 3.8) is 0 Å². The summed E-state index contributed by atoms with van der Waals surface area (Å²) in [6.45, 7) is 0.555. The van der Waals surface area contributed by atoms with Crippen LogP contribution in [0, 0.1) is 22.5 Å². The molecule has 11 nitrogen and oxygen atoms in total. The Bertz CT molecular complexity index is 1670. The lowest BCUT2D eigenvalue weighted by Crippen LogP contribution is -2.30. The van der Waals surface area contributed by atoms with Gasteiger partial charge in [-0.05, 0) is 69.1 Å². The number of carbonyl (C=O) groups is 1. The van der Waals surface area contributed by atoms with E-state index in [1.807, 2.05) is 11.9 Å². The topological polar surface area (TPSA) is 153 Å². The third kappa shape index (κ3) is 5.17. The Morgan fingerprint density at radius 2 is 1.89 bits per heavy atom. The van der Waals surface area contributed by atoms with Crippen LogP contribution in [0.5, 0.6) is 34.6 Å². The van der Waals surface area contributed by atoms with Gasteiger partial charge in [-0.15, -0.1) is 0 Å². The molecule has 0 saturated heterocycles. The molecule has 3 aromatic rings. The molecule has 2 aromatic carbocycles. The van der Waals surface area contributed by atoms with Gasteiger partial charge in [-0.2, -0.15) is 4.39 Å². The van der Waals surface area contributed by atoms with Crippen LogP contribution in [-0.4, -0.2) is 59.3 Å². The number of hydrogen-bond acceptors (Lipinski definition) is 10. The Kier molecular flexibility index (Phi) is 7.36. The van der Waals surface area contributed by atoms with Gasteiger partial charge in [0.2, 0.25) is 11.6 Å². The standard InChI is InChI=1S/C31H31F2N5O6/c1-38-12-11-36-27(38)19-14-18(44-31-9-7-30(16-31,8-10-31)29(40)41-2)4-6-22(19)42-25-20(32)15-37-28(24(25)33)43-23-13-17(26(34)35)3-5-21(23)39/h3-6,11,13-15,27,39H,7-10,12,16H2,1-2H3,(H3,34,35). The zero-order chi connectivity index (χ0) is 31.2. The average Bonchev–Trinajstić information content (AvgIpc) is 3.71. The summed E-state index contributed by atoms with van der Waals surface area (Å²) >= 11 is 0. The number of nitrogens with zero attached hydrogens (tertiary/aromatic N) is 3. The molecule has 2 bridgehead atoms. The van der Waals surface area contributed by atoms with Crippen LogP contribution in [0.2, 0.25) is 0 Å². The van der Waals surface area contributed by atoms with E-state index in [1.165, 1.54) is 25.3 Å². The molecule has 6 rings (SSSR count). The number of nitrogens with two attached hydrogens (primary N) is 1. The lowest BCUT2D eigenvalue weighted by molar-refractivity contribution is -0.152. The minimum atomic E-state index is -1.25. The van der Waals surface area contributed by atoms with Gasteiger partial charge in [0, 0.05) is 30.3 Å². The van der Waals surface area contributed by atoms with E-state index in [-0.39, 0.29) is 34.6 Å². The molecule has 44 heavy (non-hydrogen) atoms. The molecular formula is C31H31F2N5O6. The van der Waals surface area contributed by atoms with Gasteiger partial charge in [0.25, 0.3) is 5.88 Å². The molecule has 1 aromatic heterocycles. The van der Waals surface area contributed by atoms with Crippen molar-refractivity contribution in [3.05, 3.63) is 65.4 Å². The number of phenolic OH excluding ortho intramolecular Hbond substituents is 1. The molecule has 1 aliphatic heterocycles. The number of carbonyl (C=O) groups excluding carboxylic acids is 1. The highest BCUT2D eigenvalue weighted by Gasteiger charge is 2.60. The Labute approximate surface area is 251 Å². The summed E-state index contributed by atoms with van der Waals surface area (Å²) < 4.78 is 53.5.